The van der Waals surface area contributed by atoms with Crippen molar-refractivity contribution in [1.82, 2.24) is 19.0 Å². The average molecular weight is 364 g/mol. The maximum atomic E-state index is 12.7. The molecule has 1 heterocycles. The number of aromatic nitrogens is 2. The van der Waals surface area contributed by atoms with E-state index in [2.05, 4.69) is 5.10 Å². The Labute approximate surface area is 148 Å². The molecule has 2 rings (SSSR count). The summed E-state index contributed by atoms with van der Waals surface area (Å²) < 4.78 is 28.1. The number of hydrogen-bond donors (Lipinski definition) is 0. The lowest BCUT2D eigenvalue weighted by Crippen LogP contribution is -2.39. The summed E-state index contributed by atoms with van der Waals surface area (Å²) in [4.78, 5) is 14.0. The molecule has 0 saturated heterocycles. The van der Waals surface area contributed by atoms with Gasteiger partial charge < -0.3 is 4.90 Å². The zero-order valence-corrected chi connectivity index (χ0v) is 16.0. The molecule has 1 aromatic carbocycles. The van der Waals surface area contributed by atoms with E-state index >= 15 is 0 Å². The Morgan fingerprint density at radius 2 is 1.88 bits per heavy atom. The van der Waals surface area contributed by atoms with Crippen LogP contribution in [0, 0.1) is 13.8 Å². The van der Waals surface area contributed by atoms with Crippen LogP contribution in [0.1, 0.15) is 16.7 Å². The zero-order chi connectivity index (χ0) is 18.8. The standard InChI is InChI=1S/C17H24N4O3S/c1-13-6-7-16(8-14(13)2)25(23,24)21(5)12-17(22)19(3)10-15-9-18-20(4)11-15/h6-9,11H,10,12H2,1-5H3. The van der Waals surface area contributed by atoms with Gasteiger partial charge in [-0.1, -0.05) is 6.07 Å². The van der Waals surface area contributed by atoms with E-state index < -0.39 is 10.0 Å². The molecule has 0 N–H and O–H groups in total. The quantitative estimate of drug-likeness (QED) is 0.775. The first-order valence-electron chi connectivity index (χ1n) is 7.86. The summed E-state index contributed by atoms with van der Waals surface area (Å²) in [6.45, 7) is 3.95. The van der Waals surface area contributed by atoms with E-state index in [0.29, 0.717) is 6.54 Å². The highest BCUT2D eigenvalue weighted by molar-refractivity contribution is 7.89. The third kappa shape index (κ3) is 4.46. The lowest BCUT2D eigenvalue weighted by Gasteiger charge is -2.21. The zero-order valence-electron chi connectivity index (χ0n) is 15.2. The van der Waals surface area contributed by atoms with Gasteiger partial charge in [0.1, 0.15) is 0 Å². The summed E-state index contributed by atoms with van der Waals surface area (Å²) in [5.74, 6) is -0.279. The van der Waals surface area contributed by atoms with Crippen LogP contribution in [0.25, 0.3) is 0 Å². The summed E-state index contributed by atoms with van der Waals surface area (Å²) in [6, 6.07) is 4.97. The molecule has 0 spiro atoms. The molecule has 0 radical (unpaired) electrons. The Hall–Kier alpha value is -2.19. The van der Waals surface area contributed by atoms with Crippen LogP contribution in [-0.2, 0) is 28.4 Å². The Kier molecular flexibility index (Phi) is 5.64. The monoisotopic (exact) mass is 364 g/mol. The van der Waals surface area contributed by atoms with Crippen LogP contribution in [0.2, 0.25) is 0 Å². The van der Waals surface area contributed by atoms with Gasteiger partial charge in [-0.2, -0.15) is 9.40 Å². The SMILES string of the molecule is Cc1ccc(S(=O)(=O)N(C)CC(=O)N(C)Cc2cnn(C)c2)cc1C. The Morgan fingerprint density at radius 3 is 2.44 bits per heavy atom. The average Bonchev–Trinajstić information content (AvgIpc) is 2.94. The van der Waals surface area contributed by atoms with Crippen molar-refractivity contribution in [2.24, 2.45) is 7.05 Å². The van der Waals surface area contributed by atoms with E-state index in [1.165, 1.54) is 11.9 Å². The summed E-state index contributed by atoms with van der Waals surface area (Å²) >= 11 is 0. The molecule has 0 fully saturated rings. The number of benzene rings is 1. The van der Waals surface area contributed by atoms with Gasteiger partial charge in [0, 0.05) is 39.4 Å². The summed E-state index contributed by atoms with van der Waals surface area (Å²) in [7, 11) is 1.16. The normalized spacial score (nSPS) is 11.8. The van der Waals surface area contributed by atoms with Crippen LogP contribution < -0.4 is 0 Å². The molecule has 0 saturated carbocycles. The van der Waals surface area contributed by atoms with Crippen LogP contribution in [0.3, 0.4) is 0 Å². The van der Waals surface area contributed by atoms with Crippen LogP contribution in [0.5, 0.6) is 0 Å². The third-order valence-electron chi connectivity index (χ3n) is 4.15. The first-order valence-corrected chi connectivity index (χ1v) is 9.30. The number of likely N-dealkylation sites (N-methyl/N-ethyl adjacent to an activating group) is 2. The molecular weight excluding hydrogens is 340 g/mol. The fraction of sp³-hybridized carbons (Fsp3) is 0.412. The van der Waals surface area contributed by atoms with Gasteiger partial charge >= 0.3 is 0 Å². The van der Waals surface area contributed by atoms with E-state index in [1.54, 1.807) is 43.2 Å². The first kappa shape index (κ1) is 19.1. The van der Waals surface area contributed by atoms with Gasteiger partial charge in [0.05, 0.1) is 17.6 Å². The Morgan fingerprint density at radius 1 is 1.20 bits per heavy atom. The minimum atomic E-state index is -3.71. The molecule has 136 valence electrons. The fourth-order valence-electron chi connectivity index (χ4n) is 2.37. The Balaban J connectivity index is 2.07. The van der Waals surface area contributed by atoms with Crippen molar-refractivity contribution in [2.75, 3.05) is 20.6 Å². The number of rotatable bonds is 6. The second-order valence-corrected chi connectivity index (χ2v) is 8.32. The molecule has 1 aromatic heterocycles. The number of hydrogen-bond acceptors (Lipinski definition) is 4. The van der Waals surface area contributed by atoms with Crippen molar-refractivity contribution in [3.63, 3.8) is 0 Å². The minimum absolute atomic E-state index is 0.195. The van der Waals surface area contributed by atoms with Crippen LogP contribution >= 0.6 is 0 Å². The largest absolute Gasteiger partial charge is 0.340 e. The highest BCUT2D eigenvalue weighted by atomic mass is 32.2. The lowest BCUT2D eigenvalue weighted by molar-refractivity contribution is -0.130. The van der Waals surface area contributed by atoms with Gasteiger partial charge in [0.15, 0.2) is 0 Å². The van der Waals surface area contributed by atoms with E-state index in [0.717, 1.165) is 21.0 Å². The lowest BCUT2D eigenvalue weighted by atomic mass is 10.1. The predicted molar refractivity (Wildman–Crippen MR) is 95.4 cm³/mol. The highest BCUT2D eigenvalue weighted by Crippen LogP contribution is 2.18. The number of carbonyl (C=O) groups is 1. The topological polar surface area (TPSA) is 75.5 Å². The molecule has 0 bridgehead atoms. The van der Waals surface area contributed by atoms with Gasteiger partial charge in [0.2, 0.25) is 15.9 Å². The third-order valence-corrected chi connectivity index (χ3v) is 5.95. The van der Waals surface area contributed by atoms with Crippen LogP contribution in [-0.4, -0.2) is 54.0 Å². The molecule has 7 nitrogen and oxygen atoms in total. The maximum absolute atomic E-state index is 12.7. The number of carbonyl (C=O) groups excluding carboxylic acids is 1. The fourth-order valence-corrected chi connectivity index (χ4v) is 3.57. The van der Waals surface area contributed by atoms with Crippen molar-refractivity contribution in [1.29, 1.82) is 0 Å². The minimum Gasteiger partial charge on any atom is -0.340 e. The molecule has 1 amide bonds. The molecule has 0 unspecified atom stereocenters. The van der Waals surface area contributed by atoms with Crippen molar-refractivity contribution in [2.45, 2.75) is 25.3 Å². The van der Waals surface area contributed by atoms with Crippen molar-refractivity contribution in [3.8, 4) is 0 Å². The van der Waals surface area contributed by atoms with E-state index in [4.69, 9.17) is 0 Å². The second-order valence-electron chi connectivity index (χ2n) is 6.28. The summed E-state index contributed by atoms with van der Waals surface area (Å²) in [5.41, 5.74) is 2.81. The molecule has 8 heteroatoms. The second kappa shape index (κ2) is 7.37. The van der Waals surface area contributed by atoms with E-state index in [9.17, 15) is 13.2 Å². The highest BCUT2D eigenvalue weighted by Gasteiger charge is 2.24. The smallest absolute Gasteiger partial charge is 0.243 e. The molecule has 0 atom stereocenters. The van der Waals surface area contributed by atoms with Gasteiger partial charge in [-0.05, 0) is 37.1 Å². The number of amides is 1. The first-order chi connectivity index (χ1) is 11.6. The number of nitrogens with zero attached hydrogens (tertiary/aromatic N) is 4. The molecular formula is C17H24N4O3S. The molecule has 0 aliphatic rings. The van der Waals surface area contributed by atoms with Crippen LogP contribution in [0.15, 0.2) is 35.5 Å². The summed E-state index contributed by atoms with van der Waals surface area (Å²) in [5, 5.41) is 4.06. The Bertz CT molecular complexity index is 874. The van der Waals surface area contributed by atoms with Crippen molar-refractivity contribution >= 4 is 15.9 Å². The molecule has 2 aromatic rings. The maximum Gasteiger partial charge on any atom is 0.243 e. The van der Waals surface area contributed by atoms with Gasteiger partial charge in [-0.3, -0.25) is 9.48 Å². The number of sulfonamides is 1. The van der Waals surface area contributed by atoms with E-state index in [-0.39, 0.29) is 17.3 Å². The van der Waals surface area contributed by atoms with Crippen LogP contribution in [0.4, 0.5) is 0 Å². The van der Waals surface area contributed by atoms with Gasteiger partial charge in [0.25, 0.3) is 0 Å². The van der Waals surface area contributed by atoms with Gasteiger partial charge in [-0.25, -0.2) is 8.42 Å². The summed E-state index contributed by atoms with van der Waals surface area (Å²) in [6.07, 6.45) is 3.50. The number of aryl methyl sites for hydroxylation is 3. The molecule has 0 aliphatic heterocycles. The van der Waals surface area contributed by atoms with Crippen molar-refractivity contribution < 1.29 is 13.2 Å². The predicted octanol–water partition coefficient (Wildman–Crippen LogP) is 1.32. The van der Waals surface area contributed by atoms with E-state index in [1.807, 2.05) is 20.0 Å². The molecule has 25 heavy (non-hydrogen) atoms. The van der Waals surface area contributed by atoms with Gasteiger partial charge in [-0.15, -0.1) is 0 Å². The molecule has 0 aliphatic carbocycles. The van der Waals surface area contributed by atoms with Crippen molar-refractivity contribution in [3.05, 3.63) is 47.3 Å².